The second-order valence-electron chi connectivity index (χ2n) is 6.39. The Kier molecular flexibility index (Phi) is 6.03. The van der Waals surface area contributed by atoms with Crippen molar-refractivity contribution in [2.24, 2.45) is 0 Å². The van der Waals surface area contributed by atoms with Crippen molar-refractivity contribution in [3.05, 3.63) is 42.5 Å². The van der Waals surface area contributed by atoms with Gasteiger partial charge in [0, 0.05) is 37.9 Å². The normalized spacial score (nSPS) is 14.7. The van der Waals surface area contributed by atoms with Gasteiger partial charge in [-0.2, -0.15) is 0 Å². The number of anilines is 2. The Morgan fingerprint density at radius 3 is 2.37 bits per heavy atom. The number of carbonyl (C=O) groups excluding carboxylic acids is 1. The van der Waals surface area contributed by atoms with Crippen LogP contribution in [0.4, 0.5) is 11.4 Å². The summed E-state index contributed by atoms with van der Waals surface area (Å²) in [6.45, 7) is 3.61. The molecule has 0 radical (unpaired) electrons. The van der Waals surface area contributed by atoms with Crippen LogP contribution in [-0.4, -0.2) is 62.9 Å². The van der Waals surface area contributed by atoms with Gasteiger partial charge in [0.2, 0.25) is 5.91 Å². The van der Waals surface area contributed by atoms with Gasteiger partial charge in [0.15, 0.2) is 0 Å². The fourth-order valence-electron chi connectivity index (χ4n) is 3.12. The van der Waals surface area contributed by atoms with Crippen LogP contribution in [0.1, 0.15) is 0 Å². The highest BCUT2D eigenvalue weighted by molar-refractivity contribution is 5.93. The molecule has 2 aromatic rings. The molecule has 1 aliphatic rings. The van der Waals surface area contributed by atoms with E-state index in [2.05, 4.69) is 15.1 Å². The molecule has 2 aromatic carbocycles. The van der Waals surface area contributed by atoms with Gasteiger partial charge in [-0.1, -0.05) is 0 Å². The molecule has 3 rings (SSSR count). The Morgan fingerprint density at radius 2 is 1.74 bits per heavy atom. The third-order valence-electron chi connectivity index (χ3n) is 4.64. The number of amides is 1. The summed E-state index contributed by atoms with van der Waals surface area (Å²) >= 11 is 0. The summed E-state index contributed by atoms with van der Waals surface area (Å²) in [7, 11) is 3.15. The second kappa shape index (κ2) is 8.64. The Morgan fingerprint density at radius 1 is 1.04 bits per heavy atom. The van der Waals surface area contributed by atoms with E-state index in [1.807, 2.05) is 12.1 Å². The van der Waals surface area contributed by atoms with Gasteiger partial charge in [0.25, 0.3) is 0 Å². The zero-order chi connectivity index (χ0) is 19.2. The van der Waals surface area contributed by atoms with Crippen LogP contribution < -0.4 is 19.7 Å². The predicted octanol–water partition coefficient (Wildman–Crippen LogP) is 2.17. The van der Waals surface area contributed by atoms with E-state index in [-0.39, 0.29) is 11.7 Å². The fourth-order valence-corrected chi connectivity index (χ4v) is 3.12. The number of nitrogens with one attached hydrogen (secondary N) is 1. The summed E-state index contributed by atoms with van der Waals surface area (Å²) in [4.78, 5) is 16.8. The van der Waals surface area contributed by atoms with E-state index in [9.17, 15) is 9.90 Å². The maximum absolute atomic E-state index is 12.4. The molecular formula is C20H25N3O4. The Labute approximate surface area is 159 Å². The first-order chi connectivity index (χ1) is 13.1. The smallest absolute Gasteiger partial charge is 0.238 e. The minimum Gasteiger partial charge on any atom is -0.508 e. The highest BCUT2D eigenvalue weighted by Crippen LogP contribution is 2.29. The highest BCUT2D eigenvalue weighted by atomic mass is 16.5. The molecule has 2 N–H and O–H groups in total. The van der Waals surface area contributed by atoms with E-state index in [0.717, 1.165) is 31.9 Å². The number of phenols is 1. The van der Waals surface area contributed by atoms with Crippen molar-refractivity contribution in [1.82, 2.24) is 4.90 Å². The van der Waals surface area contributed by atoms with Gasteiger partial charge in [-0.15, -0.1) is 0 Å². The number of nitrogens with zero attached hydrogens (tertiary/aromatic N) is 2. The number of rotatable bonds is 6. The summed E-state index contributed by atoms with van der Waals surface area (Å²) in [6, 6.07) is 12.5. The standard InChI is InChI=1S/C20H25N3O4/c1-26-17-7-8-18(19(13-17)27-2)21-20(25)14-22-9-11-23(12-10-22)15-3-5-16(24)6-4-15/h3-8,13,24H,9-12,14H2,1-2H3,(H,21,25). The minimum atomic E-state index is -0.0726. The zero-order valence-electron chi connectivity index (χ0n) is 15.6. The molecule has 0 aliphatic carbocycles. The van der Waals surface area contributed by atoms with E-state index >= 15 is 0 Å². The molecule has 144 valence electrons. The predicted molar refractivity (Wildman–Crippen MR) is 105 cm³/mol. The van der Waals surface area contributed by atoms with Gasteiger partial charge in [-0.05, 0) is 36.4 Å². The minimum absolute atomic E-state index is 0.0726. The number of carbonyl (C=O) groups is 1. The van der Waals surface area contributed by atoms with Crippen LogP contribution >= 0.6 is 0 Å². The van der Waals surface area contributed by atoms with Gasteiger partial charge < -0.3 is 24.8 Å². The Hall–Kier alpha value is -2.93. The molecule has 0 spiro atoms. The molecule has 0 bridgehead atoms. The summed E-state index contributed by atoms with van der Waals surface area (Å²) in [5.41, 5.74) is 1.71. The molecule has 1 fully saturated rings. The third-order valence-corrected chi connectivity index (χ3v) is 4.64. The Balaban J connectivity index is 1.51. The number of ether oxygens (including phenoxy) is 2. The van der Waals surface area contributed by atoms with Crippen molar-refractivity contribution in [3.8, 4) is 17.2 Å². The van der Waals surface area contributed by atoms with Crippen LogP contribution in [-0.2, 0) is 4.79 Å². The Bertz CT molecular complexity index is 771. The van der Waals surface area contributed by atoms with Crippen molar-refractivity contribution < 1.29 is 19.4 Å². The molecule has 0 atom stereocenters. The van der Waals surface area contributed by atoms with Crippen molar-refractivity contribution in [2.75, 3.05) is 57.2 Å². The molecule has 0 unspecified atom stereocenters. The number of piperazine rings is 1. The molecule has 1 amide bonds. The molecule has 1 heterocycles. The first kappa shape index (κ1) is 18.8. The molecule has 0 saturated carbocycles. The summed E-state index contributed by atoms with van der Waals surface area (Å²) < 4.78 is 10.5. The average Bonchev–Trinajstić information content (AvgIpc) is 2.69. The van der Waals surface area contributed by atoms with Gasteiger partial charge in [0.05, 0.1) is 26.5 Å². The van der Waals surface area contributed by atoms with Crippen molar-refractivity contribution in [1.29, 1.82) is 0 Å². The van der Waals surface area contributed by atoms with Crippen LogP contribution in [0.2, 0.25) is 0 Å². The monoisotopic (exact) mass is 371 g/mol. The maximum Gasteiger partial charge on any atom is 0.238 e. The average molecular weight is 371 g/mol. The van der Waals surface area contributed by atoms with E-state index in [4.69, 9.17) is 9.47 Å². The van der Waals surface area contributed by atoms with Crippen molar-refractivity contribution >= 4 is 17.3 Å². The third kappa shape index (κ3) is 4.83. The molecule has 0 aromatic heterocycles. The van der Waals surface area contributed by atoms with E-state index in [0.29, 0.717) is 23.7 Å². The van der Waals surface area contributed by atoms with Crippen LogP contribution in [0.15, 0.2) is 42.5 Å². The van der Waals surface area contributed by atoms with Crippen LogP contribution in [0.25, 0.3) is 0 Å². The van der Waals surface area contributed by atoms with Crippen LogP contribution in [0, 0.1) is 0 Å². The number of hydrogen-bond donors (Lipinski definition) is 2. The summed E-state index contributed by atoms with van der Waals surface area (Å²) in [5.74, 6) is 1.44. The molecule has 7 heteroatoms. The second-order valence-corrected chi connectivity index (χ2v) is 6.39. The largest absolute Gasteiger partial charge is 0.508 e. The molecular weight excluding hydrogens is 346 g/mol. The lowest BCUT2D eigenvalue weighted by Crippen LogP contribution is -2.48. The summed E-state index contributed by atoms with van der Waals surface area (Å²) in [5, 5.41) is 12.3. The first-order valence-corrected chi connectivity index (χ1v) is 8.87. The lowest BCUT2D eigenvalue weighted by molar-refractivity contribution is -0.117. The first-order valence-electron chi connectivity index (χ1n) is 8.87. The van der Waals surface area contributed by atoms with E-state index in [1.165, 1.54) is 0 Å². The van der Waals surface area contributed by atoms with Crippen molar-refractivity contribution in [2.45, 2.75) is 0 Å². The topological polar surface area (TPSA) is 74.3 Å². The van der Waals surface area contributed by atoms with Gasteiger partial charge >= 0.3 is 0 Å². The van der Waals surface area contributed by atoms with Crippen LogP contribution in [0.5, 0.6) is 17.2 Å². The number of phenolic OH excluding ortho intramolecular Hbond substituents is 1. The molecule has 27 heavy (non-hydrogen) atoms. The molecule has 1 aliphatic heterocycles. The number of methoxy groups -OCH3 is 2. The van der Waals surface area contributed by atoms with Crippen LogP contribution in [0.3, 0.4) is 0 Å². The fraction of sp³-hybridized carbons (Fsp3) is 0.350. The molecule has 7 nitrogen and oxygen atoms in total. The molecule has 1 saturated heterocycles. The number of aromatic hydroxyl groups is 1. The SMILES string of the molecule is COc1ccc(NC(=O)CN2CCN(c3ccc(O)cc3)CC2)c(OC)c1. The number of hydrogen-bond acceptors (Lipinski definition) is 6. The zero-order valence-corrected chi connectivity index (χ0v) is 15.6. The van der Waals surface area contributed by atoms with Gasteiger partial charge in [0.1, 0.15) is 17.2 Å². The number of benzene rings is 2. The maximum atomic E-state index is 12.4. The lowest BCUT2D eigenvalue weighted by atomic mass is 10.2. The highest BCUT2D eigenvalue weighted by Gasteiger charge is 2.20. The van der Waals surface area contributed by atoms with E-state index < -0.39 is 0 Å². The van der Waals surface area contributed by atoms with Gasteiger partial charge in [-0.3, -0.25) is 9.69 Å². The summed E-state index contributed by atoms with van der Waals surface area (Å²) in [6.07, 6.45) is 0. The van der Waals surface area contributed by atoms with E-state index in [1.54, 1.807) is 44.6 Å². The lowest BCUT2D eigenvalue weighted by Gasteiger charge is -2.35. The quantitative estimate of drug-likeness (QED) is 0.811. The van der Waals surface area contributed by atoms with Gasteiger partial charge in [-0.25, -0.2) is 0 Å². The van der Waals surface area contributed by atoms with Crippen molar-refractivity contribution in [3.63, 3.8) is 0 Å².